The standard InChI is InChI=1S/C10H18N4O2/c1-7(2)16-6-8(14-11)9-10(15-3)13-5-4-12-9/h4-5,7-8,14H,6,11H2,1-3H3. The molecule has 3 N–H and O–H groups in total. The zero-order valence-corrected chi connectivity index (χ0v) is 9.80. The summed E-state index contributed by atoms with van der Waals surface area (Å²) in [6.45, 7) is 4.34. The van der Waals surface area contributed by atoms with Crippen LogP contribution in [0.15, 0.2) is 12.4 Å². The second kappa shape index (κ2) is 6.37. The molecule has 0 fully saturated rings. The number of nitrogens with zero attached hydrogens (tertiary/aromatic N) is 2. The molecule has 0 spiro atoms. The van der Waals surface area contributed by atoms with Gasteiger partial charge in [-0.3, -0.25) is 10.8 Å². The van der Waals surface area contributed by atoms with Crippen molar-refractivity contribution in [2.75, 3.05) is 13.7 Å². The third-order valence-electron chi connectivity index (χ3n) is 2.01. The van der Waals surface area contributed by atoms with Gasteiger partial charge in [-0.1, -0.05) is 0 Å². The molecular weight excluding hydrogens is 208 g/mol. The molecule has 0 radical (unpaired) electrons. The van der Waals surface area contributed by atoms with Crippen molar-refractivity contribution in [3.05, 3.63) is 18.1 Å². The maximum absolute atomic E-state index is 5.48. The van der Waals surface area contributed by atoms with Crippen LogP contribution in [0.5, 0.6) is 5.88 Å². The Morgan fingerprint density at radius 3 is 2.62 bits per heavy atom. The fourth-order valence-electron chi connectivity index (χ4n) is 1.23. The van der Waals surface area contributed by atoms with Crippen LogP contribution in [0.2, 0.25) is 0 Å². The van der Waals surface area contributed by atoms with Crippen molar-refractivity contribution < 1.29 is 9.47 Å². The number of hydrazine groups is 1. The van der Waals surface area contributed by atoms with Crippen molar-refractivity contribution in [2.45, 2.75) is 26.0 Å². The molecule has 90 valence electrons. The molecule has 16 heavy (non-hydrogen) atoms. The number of nitrogens with one attached hydrogen (secondary N) is 1. The average Bonchev–Trinajstić information content (AvgIpc) is 2.30. The number of methoxy groups -OCH3 is 1. The van der Waals surface area contributed by atoms with Crippen LogP contribution in [-0.2, 0) is 4.74 Å². The molecule has 1 aromatic rings. The normalized spacial score (nSPS) is 12.8. The van der Waals surface area contributed by atoms with Gasteiger partial charge in [0.05, 0.1) is 25.9 Å². The Kier molecular flexibility index (Phi) is 5.10. The Balaban J connectivity index is 2.77. The third-order valence-corrected chi connectivity index (χ3v) is 2.01. The summed E-state index contributed by atoms with van der Waals surface area (Å²) in [7, 11) is 1.55. The first-order chi connectivity index (χ1) is 7.69. The molecule has 0 aromatic carbocycles. The van der Waals surface area contributed by atoms with Crippen LogP contribution < -0.4 is 16.0 Å². The minimum atomic E-state index is -0.231. The molecular formula is C10H18N4O2. The van der Waals surface area contributed by atoms with Gasteiger partial charge in [0.15, 0.2) is 0 Å². The largest absolute Gasteiger partial charge is 0.480 e. The van der Waals surface area contributed by atoms with Crippen molar-refractivity contribution in [1.82, 2.24) is 15.4 Å². The van der Waals surface area contributed by atoms with E-state index >= 15 is 0 Å². The van der Waals surface area contributed by atoms with E-state index in [1.807, 2.05) is 13.8 Å². The number of ether oxygens (including phenoxy) is 2. The highest BCUT2D eigenvalue weighted by atomic mass is 16.5. The summed E-state index contributed by atoms with van der Waals surface area (Å²) >= 11 is 0. The van der Waals surface area contributed by atoms with Crippen molar-refractivity contribution in [3.63, 3.8) is 0 Å². The van der Waals surface area contributed by atoms with Crippen molar-refractivity contribution in [3.8, 4) is 5.88 Å². The molecule has 0 aliphatic carbocycles. The summed E-state index contributed by atoms with van der Waals surface area (Å²) in [4.78, 5) is 8.25. The van der Waals surface area contributed by atoms with Crippen molar-refractivity contribution in [1.29, 1.82) is 0 Å². The number of rotatable bonds is 6. The van der Waals surface area contributed by atoms with Crippen LogP contribution >= 0.6 is 0 Å². The van der Waals surface area contributed by atoms with E-state index in [-0.39, 0.29) is 12.1 Å². The molecule has 1 rings (SSSR count). The van der Waals surface area contributed by atoms with Crippen LogP contribution in [0.1, 0.15) is 25.6 Å². The van der Waals surface area contributed by atoms with E-state index in [1.165, 1.54) is 0 Å². The summed E-state index contributed by atoms with van der Waals surface area (Å²) in [6.07, 6.45) is 3.30. The van der Waals surface area contributed by atoms with E-state index in [2.05, 4.69) is 15.4 Å². The smallest absolute Gasteiger partial charge is 0.237 e. The minimum Gasteiger partial charge on any atom is -0.480 e. The minimum absolute atomic E-state index is 0.138. The molecule has 0 aliphatic heterocycles. The van der Waals surface area contributed by atoms with E-state index in [0.29, 0.717) is 18.2 Å². The molecule has 1 heterocycles. The summed E-state index contributed by atoms with van der Waals surface area (Å²) in [5, 5.41) is 0. The summed E-state index contributed by atoms with van der Waals surface area (Å²) in [5.41, 5.74) is 3.29. The summed E-state index contributed by atoms with van der Waals surface area (Å²) in [6, 6.07) is -0.231. The highest BCUT2D eigenvalue weighted by molar-refractivity contribution is 5.21. The van der Waals surface area contributed by atoms with Gasteiger partial charge in [0.1, 0.15) is 5.69 Å². The highest BCUT2D eigenvalue weighted by Gasteiger charge is 2.17. The monoisotopic (exact) mass is 226 g/mol. The molecule has 0 saturated heterocycles. The Bertz CT molecular complexity index is 319. The molecule has 1 aromatic heterocycles. The van der Waals surface area contributed by atoms with E-state index in [1.54, 1.807) is 19.5 Å². The third kappa shape index (κ3) is 3.41. The number of nitrogens with two attached hydrogens (primary N) is 1. The first kappa shape index (κ1) is 12.8. The first-order valence-electron chi connectivity index (χ1n) is 5.11. The molecule has 1 atom stereocenters. The zero-order chi connectivity index (χ0) is 12.0. The maximum atomic E-state index is 5.48. The SMILES string of the molecule is COc1nccnc1C(COC(C)C)NN. The first-order valence-corrected chi connectivity index (χ1v) is 5.11. The Morgan fingerprint density at radius 2 is 2.06 bits per heavy atom. The second-order valence-corrected chi connectivity index (χ2v) is 3.55. The molecule has 0 saturated carbocycles. The van der Waals surface area contributed by atoms with Gasteiger partial charge in [0.25, 0.3) is 0 Å². The number of hydrogen-bond donors (Lipinski definition) is 2. The van der Waals surface area contributed by atoms with Gasteiger partial charge in [0.2, 0.25) is 5.88 Å². The summed E-state index contributed by atoms with van der Waals surface area (Å²) in [5.74, 6) is 5.92. The van der Waals surface area contributed by atoms with E-state index in [0.717, 1.165) is 0 Å². The van der Waals surface area contributed by atoms with Gasteiger partial charge >= 0.3 is 0 Å². The fraction of sp³-hybridized carbons (Fsp3) is 0.600. The van der Waals surface area contributed by atoms with Crippen LogP contribution in [0.4, 0.5) is 0 Å². The van der Waals surface area contributed by atoms with Gasteiger partial charge in [-0.25, -0.2) is 10.4 Å². The van der Waals surface area contributed by atoms with E-state index < -0.39 is 0 Å². The van der Waals surface area contributed by atoms with Crippen LogP contribution in [-0.4, -0.2) is 29.8 Å². The molecule has 6 nitrogen and oxygen atoms in total. The predicted molar refractivity (Wildman–Crippen MR) is 59.7 cm³/mol. The maximum Gasteiger partial charge on any atom is 0.237 e. The van der Waals surface area contributed by atoms with Crippen molar-refractivity contribution >= 4 is 0 Å². The van der Waals surface area contributed by atoms with E-state index in [9.17, 15) is 0 Å². The lowest BCUT2D eigenvalue weighted by atomic mass is 10.2. The fourth-order valence-corrected chi connectivity index (χ4v) is 1.23. The lowest BCUT2D eigenvalue weighted by Crippen LogP contribution is -2.33. The van der Waals surface area contributed by atoms with Crippen LogP contribution in [0.3, 0.4) is 0 Å². The quantitative estimate of drug-likeness (QED) is 0.540. The molecule has 0 amide bonds. The lowest BCUT2D eigenvalue weighted by molar-refractivity contribution is 0.0596. The predicted octanol–water partition coefficient (Wildman–Crippen LogP) is 0.415. The topological polar surface area (TPSA) is 82.3 Å². The van der Waals surface area contributed by atoms with Gasteiger partial charge in [0, 0.05) is 12.4 Å². The Morgan fingerprint density at radius 1 is 1.38 bits per heavy atom. The Hall–Kier alpha value is -1.24. The Labute approximate surface area is 95.1 Å². The van der Waals surface area contributed by atoms with Crippen molar-refractivity contribution in [2.24, 2.45) is 5.84 Å². The van der Waals surface area contributed by atoms with Gasteiger partial charge in [-0.2, -0.15) is 0 Å². The van der Waals surface area contributed by atoms with E-state index in [4.69, 9.17) is 15.3 Å². The number of hydrogen-bond acceptors (Lipinski definition) is 6. The lowest BCUT2D eigenvalue weighted by Gasteiger charge is -2.18. The van der Waals surface area contributed by atoms with Gasteiger partial charge in [-0.15, -0.1) is 0 Å². The molecule has 6 heteroatoms. The molecule has 1 unspecified atom stereocenters. The molecule has 0 bridgehead atoms. The highest BCUT2D eigenvalue weighted by Crippen LogP contribution is 2.19. The van der Waals surface area contributed by atoms with Gasteiger partial charge < -0.3 is 9.47 Å². The summed E-state index contributed by atoms with van der Waals surface area (Å²) < 4.78 is 10.6. The number of aromatic nitrogens is 2. The average molecular weight is 226 g/mol. The van der Waals surface area contributed by atoms with Gasteiger partial charge in [-0.05, 0) is 13.8 Å². The second-order valence-electron chi connectivity index (χ2n) is 3.55. The molecule has 0 aliphatic rings. The van der Waals surface area contributed by atoms with Crippen LogP contribution in [0, 0.1) is 0 Å². The van der Waals surface area contributed by atoms with Crippen LogP contribution in [0.25, 0.3) is 0 Å². The zero-order valence-electron chi connectivity index (χ0n) is 9.80.